The first-order chi connectivity index (χ1) is 10.8. The lowest BCUT2D eigenvalue weighted by Crippen LogP contribution is -2.31. The predicted molar refractivity (Wildman–Crippen MR) is 89.5 cm³/mol. The molecule has 0 N–H and O–H groups in total. The molecule has 2 rings (SSSR count). The average molecular weight is 355 g/mol. The number of anilines is 1. The van der Waals surface area contributed by atoms with Gasteiger partial charge in [0.05, 0.1) is 21.1 Å². The second-order valence-corrected chi connectivity index (χ2v) is 7.10. The molecule has 0 amide bonds. The minimum absolute atomic E-state index is 0.0784. The van der Waals surface area contributed by atoms with Crippen molar-refractivity contribution in [2.45, 2.75) is 18.7 Å². The van der Waals surface area contributed by atoms with E-state index in [9.17, 15) is 18.5 Å². The van der Waals surface area contributed by atoms with Gasteiger partial charge in [-0.15, -0.1) is 0 Å². The summed E-state index contributed by atoms with van der Waals surface area (Å²) in [6, 6.07) is 10.2. The van der Waals surface area contributed by atoms with Crippen molar-refractivity contribution < 1.29 is 13.3 Å². The molecule has 0 aliphatic carbocycles. The van der Waals surface area contributed by atoms with Crippen LogP contribution in [0.2, 0.25) is 5.02 Å². The van der Waals surface area contributed by atoms with Gasteiger partial charge in [-0.05, 0) is 44.2 Å². The highest BCUT2D eigenvalue weighted by molar-refractivity contribution is 7.92. The van der Waals surface area contributed by atoms with Gasteiger partial charge in [0.25, 0.3) is 15.7 Å². The van der Waals surface area contributed by atoms with Crippen molar-refractivity contribution in [1.29, 1.82) is 0 Å². The van der Waals surface area contributed by atoms with Crippen LogP contribution in [0.25, 0.3) is 0 Å². The van der Waals surface area contributed by atoms with Gasteiger partial charge >= 0.3 is 0 Å². The number of benzene rings is 2. The third kappa shape index (κ3) is 3.30. The minimum Gasteiger partial charge on any atom is -0.266 e. The highest BCUT2D eigenvalue weighted by Gasteiger charge is 2.27. The SMILES string of the molecule is CCN(c1cccc([N+](=O)[O-])c1C)S(=O)(=O)c1ccc(Cl)cc1. The molecule has 0 unspecified atom stereocenters. The summed E-state index contributed by atoms with van der Waals surface area (Å²) in [5.74, 6) is 0. The first-order valence-corrected chi connectivity index (χ1v) is 8.63. The minimum atomic E-state index is -3.83. The topological polar surface area (TPSA) is 80.5 Å². The van der Waals surface area contributed by atoms with Crippen molar-refractivity contribution in [3.63, 3.8) is 0 Å². The molecule has 0 saturated heterocycles. The Balaban J connectivity index is 2.58. The molecule has 0 bridgehead atoms. The largest absolute Gasteiger partial charge is 0.274 e. The van der Waals surface area contributed by atoms with Crippen LogP contribution in [0.5, 0.6) is 0 Å². The van der Waals surface area contributed by atoms with Gasteiger partial charge in [-0.1, -0.05) is 17.7 Å². The average Bonchev–Trinajstić information content (AvgIpc) is 2.49. The molecule has 23 heavy (non-hydrogen) atoms. The van der Waals surface area contributed by atoms with Crippen molar-refractivity contribution in [3.8, 4) is 0 Å². The van der Waals surface area contributed by atoms with E-state index in [0.717, 1.165) is 4.31 Å². The van der Waals surface area contributed by atoms with E-state index in [1.165, 1.54) is 43.3 Å². The monoisotopic (exact) mass is 354 g/mol. The molecule has 8 heteroatoms. The van der Waals surface area contributed by atoms with Crippen molar-refractivity contribution in [1.82, 2.24) is 0 Å². The Bertz CT molecular complexity index is 835. The summed E-state index contributed by atoms with van der Waals surface area (Å²) < 4.78 is 26.8. The lowest BCUT2D eigenvalue weighted by molar-refractivity contribution is -0.385. The molecule has 0 aromatic heterocycles. The first kappa shape index (κ1) is 17.2. The van der Waals surface area contributed by atoms with E-state index >= 15 is 0 Å². The quantitative estimate of drug-likeness (QED) is 0.604. The third-order valence-electron chi connectivity index (χ3n) is 3.43. The number of hydrogen-bond donors (Lipinski definition) is 0. The molecule has 0 heterocycles. The van der Waals surface area contributed by atoms with E-state index < -0.39 is 14.9 Å². The smallest absolute Gasteiger partial charge is 0.266 e. The molecule has 0 atom stereocenters. The van der Waals surface area contributed by atoms with Gasteiger partial charge in [-0.2, -0.15) is 0 Å². The molecule has 0 saturated carbocycles. The van der Waals surface area contributed by atoms with Crippen LogP contribution in [-0.2, 0) is 10.0 Å². The van der Waals surface area contributed by atoms with Crippen LogP contribution in [0, 0.1) is 17.0 Å². The number of nitro groups is 1. The van der Waals surface area contributed by atoms with Gasteiger partial charge < -0.3 is 0 Å². The van der Waals surface area contributed by atoms with E-state index in [1.807, 2.05) is 0 Å². The summed E-state index contributed by atoms with van der Waals surface area (Å²) >= 11 is 5.79. The molecular weight excluding hydrogens is 340 g/mol. The third-order valence-corrected chi connectivity index (χ3v) is 5.59. The molecular formula is C15H15ClN2O4S. The van der Waals surface area contributed by atoms with E-state index in [2.05, 4.69) is 0 Å². The number of nitrogens with zero attached hydrogens (tertiary/aromatic N) is 2. The molecule has 0 aliphatic rings. The Kier molecular flexibility index (Phi) is 4.91. The Labute approximate surface area is 139 Å². The summed E-state index contributed by atoms with van der Waals surface area (Å²) in [7, 11) is -3.83. The van der Waals surface area contributed by atoms with Crippen molar-refractivity contribution in [2.75, 3.05) is 10.8 Å². The summed E-state index contributed by atoms with van der Waals surface area (Å²) in [6.07, 6.45) is 0. The molecule has 0 fully saturated rings. The van der Waals surface area contributed by atoms with Crippen molar-refractivity contribution in [2.24, 2.45) is 0 Å². The van der Waals surface area contributed by atoms with Crippen LogP contribution >= 0.6 is 11.6 Å². The Morgan fingerprint density at radius 1 is 1.17 bits per heavy atom. The predicted octanol–water partition coefficient (Wildman–Crippen LogP) is 3.77. The normalized spacial score (nSPS) is 11.3. The Morgan fingerprint density at radius 2 is 1.78 bits per heavy atom. The molecule has 0 spiro atoms. The number of nitro benzene ring substituents is 1. The van der Waals surface area contributed by atoms with Crippen LogP contribution in [0.1, 0.15) is 12.5 Å². The molecule has 2 aromatic rings. The van der Waals surface area contributed by atoms with Gasteiger partial charge in [0.15, 0.2) is 0 Å². The fourth-order valence-electron chi connectivity index (χ4n) is 2.28. The van der Waals surface area contributed by atoms with E-state index in [-0.39, 0.29) is 22.8 Å². The second kappa shape index (κ2) is 6.55. The number of hydrogen-bond acceptors (Lipinski definition) is 4. The van der Waals surface area contributed by atoms with Gasteiger partial charge in [0.2, 0.25) is 0 Å². The Hall–Kier alpha value is -2.12. The lowest BCUT2D eigenvalue weighted by atomic mass is 10.1. The van der Waals surface area contributed by atoms with Gasteiger partial charge in [0, 0.05) is 17.6 Å². The summed E-state index contributed by atoms with van der Waals surface area (Å²) in [6.45, 7) is 3.35. The first-order valence-electron chi connectivity index (χ1n) is 6.81. The summed E-state index contributed by atoms with van der Waals surface area (Å²) in [4.78, 5) is 10.6. The molecule has 2 aromatic carbocycles. The molecule has 122 valence electrons. The summed E-state index contributed by atoms with van der Waals surface area (Å²) in [5, 5.41) is 11.5. The van der Waals surface area contributed by atoms with Crippen LogP contribution < -0.4 is 4.31 Å². The van der Waals surface area contributed by atoms with Gasteiger partial charge in [0.1, 0.15) is 0 Å². The zero-order chi connectivity index (χ0) is 17.2. The number of halogens is 1. The summed E-state index contributed by atoms with van der Waals surface area (Å²) in [5.41, 5.74) is 0.473. The van der Waals surface area contributed by atoms with Crippen LogP contribution in [0.4, 0.5) is 11.4 Å². The molecule has 0 aliphatic heterocycles. The van der Waals surface area contributed by atoms with Crippen LogP contribution in [0.15, 0.2) is 47.4 Å². The maximum atomic E-state index is 12.8. The van der Waals surface area contributed by atoms with Crippen molar-refractivity contribution >= 4 is 33.0 Å². The highest BCUT2D eigenvalue weighted by atomic mass is 35.5. The number of rotatable bonds is 5. The maximum absolute atomic E-state index is 12.8. The van der Waals surface area contributed by atoms with Crippen molar-refractivity contribution in [3.05, 3.63) is 63.2 Å². The molecule has 6 nitrogen and oxygen atoms in total. The van der Waals surface area contributed by atoms with E-state index in [1.54, 1.807) is 13.0 Å². The fraction of sp³-hybridized carbons (Fsp3) is 0.200. The van der Waals surface area contributed by atoms with E-state index in [0.29, 0.717) is 10.6 Å². The maximum Gasteiger partial charge on any atom is 0.274 e. The van der Waals surface area contributed by atoms with Crippen LogP contribution in [0.3, 0.4) is 0 Å². The zero-order valence-corrected chi connectivity index (χ0v) is 14.1. The number of sulfonamides is 1. The zero-order valence-electron chi connectivity index (χ0n) is 12.6. The lowest BCUT2D eigenvalue weighted by Gasteiger charge is -2.24. The highest BCUT2D eigenvalue weighted by Crippen LogP contribution is 2.32. The second-order valence-electron chi connectivity index (χ2n) is 4.80. The molecule has 0 radical (unpaired) electrons. The fourth-order valence-corrected chi connectivity index (χ4v) is 3.94. The van der Waals surface area contributed by atoms with Crippen LogP contribution in [-0.4, -0.2) is 19.9 Å². The Morgan fingerprint density at radius 3 is 2.30 bits per heavy atom. The van der Waals surface area contributed by atoms with Gasteiger partial charge in [-0.3, -0.25) is 14.4 Å². The van der Waals surface area contributed by atoms with E-state index in [4.69, 9.17) is 11.6 Å². The standard InChI is InChI=1S/C15H15ClN2O4S/c1-3-17(14-5-4-6-15(11(14)2)18(19)20)23(21,22)13-9-7-12(16)8-10-13/h4-10H,3H2,1-2H3. The van der Waals surface area contributed by atoms with Gasteiger partial charge in [-0.25, -0.2) is 8.42 Å².